The number of aliphatic hydroxyl groups is 1. The third kappa shape index (κ3) is 3.58. The van der Waals surface area contributed by atoms with Gasteiger partial charge in [-0.25, -0.2) is 12.8 Å². The van der Waals surface area contributed by atoms with Gasteiger partial charge >= 0.3 is 0 Å². The van der Waals surface area contributed by atoms with E-state index in [1.165, 1.54) is 18.4 Å². The van der Waals surface area contributed by atoms with E-state index in [4.69, 9.17) is 0 Å². The number of halogens is 1. The lowest BCUT2D eigenvalue weighted by atomic mass is 9.82. The van der Waals surface area contributed by atoms with Crippen molar-refractivity contribution in [1.82, 2.24) is 0 Å². The summed E-state index contributed by atoms with van der Waals surface area (Å²) in [4.78, 5) is 0. The molecule has 0 amide bonds. The summed E-state index contributed by atoms with van der Waals surface area (Å²) < 4.78 is 36.7. The van der Waals surface area contributed by atoms with Crippen molar-refractivity contribution < 1.29 is 17.9 Å². The Morgan fingerprint density at radius 3 is 2.60 bits per heavy atom. The maximum Gasteiger partial charge on any atom is 0.150 e. The van der Waals surface area contributed by atoms with Crippen molar-refractivity contribution in [3.63, 3.8) is 0 Å². The fraction of sp³-hybridized carbons (Fsp3) is 0.600. The maximum atomic E-state index is 13.4. The average molecular weight is 300 g/mol. The number of hydrogen-bond donors (Lipinski definition) is 1. The lowest BCUT2D eigenvalue weighted by Crippen LogP contribution is -2.30. The van der Waals surface area contributed by atoms with Crippen LogP contribution in [0.5, 0.6) is 0 Å². The molecule has 0 bridgehead atoms. The van der Waals surface area contributed by atoms with Gasteiger partial charge < -0.3 is 5.11 Å². The van der Waals surface area contributed by atoms with Gasteiger partial charge in [0.15, 0.2) is 0 Å². The van der Waals surface area contributed by atoms with Crippen LogP contribution in [0.1, 0.15) is 42.9 Å². The van der Waals surface area contributed by atoms with Crippen molar-refractivity contribution in [1.29, 1.82) is 0 Å². The molecular formula is C15H21FO3S. The molecule has 0 heterocycles. The standard InChI is InChI=1S/C15H21FO3S/c1-10-6-12(8-13(16)7-10)15(17)11-4-3-5-14(9-11)20(2,18)19/h6-8,11,14-15,17H,3-5,9H2,1-2H3. The predicted molar refractivity (Wildman–Crippen MR) is 76.7 cm³/mol. The van der Waals surface area contributed by atoms with Gasteiger partial charge in [0.2, 0.25) is 0 Å². The minimum atomic E-state index is -3.08. The van der Waals surface area contributed by atoms with E-state index in [0.717, 1.165) is 18.4 Å². The molecule has 3 atom stereocenters. The first-order valence-electron chi connectivity index (χ1n) is 6.91. The van der Waals surface area contributed by atoms with Gasteiger partial charge in [-0.1, -0.05) is 12.5 Å². The molecule has 0 spiro atoms. The Morgan fingerprint density at radius 2 is 2.00 bits per heavy atom. The van der Waals surface area contributed by atoms with Crippen LogP contribution in [0, 0.1) is 18.7 Å². The number of rotatable bonds is 3. The van der Waals surface area contributed by atoms with Gasteiger partial charge in [-0.2, -0.15) is 0 Å². The number of benzene rings is 1. The fourth-order valence-electron chi connectivity index (χ4n) is 3.06. The fourth-order valence-corrected chi connectivity index (χ4v) is 4.26. The molecule has 3 nitrogen and oxygen atoms in total. The van der Waals surface area contributed by atoms with E-state index in [-0.39, 0.29) is 17.0 Å². The summed E-state index contributed by atoms with van der Waals surface area (Å²) in [5, 5.41) is 10.0. The van der Waals surface area contributed by atoms with E-state index < -0.39 is 15.9 Å². The van der Waals surface area contributed by atoms with Gasteiger partial charge in [0, 0.05) is 6.26 Å². The molecule has 3 unspecified atom stereocenters. The number of hydrogen-bond acceptors (Lipinski definition) is 3. The highest BCUT2D eigenvalue weighted by Gasteiger charge is 2.33. The Bertz CT molecular complexity index is 563. The Labute approximate surface area is 119 Å². The highest BCUT2D eigenvalue weighted by atomic mass is 32.2. The third-order valence-electron chi connectivity index (χ3n) is 4.12. The predicted octanol–water partition coefficient (Wildman–Crippen LogP) is 2.77. The summed E-state index contributed by atoms with van der Waals surface area (Å²) in [6.07, 6.45) is 3.13. The Morgan fingerprint density at radius 1 is 1.30 bits per heavy atom. The molecule has 0 radical (unpaired) electrons. The van der Waals surface area contributed by atoms with Crippen LogP contribution >= 0.6 is 0 Å². The monoisotopic (exact) mass is 300 g/mol. The molecule has 5 heteroatoms. The van der Waals surface area contributed by atoms with Gasteiger partial charge in [0.1, 0.15) is 15.7 Å². The second-order valence-electron chi connectivity index (χ2n) is 5.88. The van der Waals surface area contributed by atoms with E-state index in [1.807, 2.05) is 0 Å². The number of aryl methyl sites for hydroxylation is 1. The molecule has 0 aliphatic heterocycles. The molecule has 1 fully saturated rings. The second-order valence-corrected chi connectivity index (χ2v) is 8.21. The summed E-state index contributed by atoms with van der Waals surface area (Å²) >= 11 is 0. The zero-order chi connectivity index (χ0) is 14.9. The Balaban J connectivity index is 2.18. The SMILES string of the molecule is Cc1cc(F)cc(C(O)C2CCCC(S(C)(=O)=O)C2)c1. The quantitative estimate of drug-likeness (QED) is 0.934. The lowest BCUT2D eigenvalue weighted by molar-refractivity contribution is 0.0854. The van der Waals surface area contributed by atoms with Crippen molar-refractivity contribution in [2.75, 3.05) is 6.26 Å². The first-order chi connectivity index (χ1) is 9.27. The highest BCUT2D eigenvalue weighted by Crippen LogP contribution is 2.37. The van der Waals surface area contributed by atoms with Crippen LogP contribution < -0.4 is 0 Å². The van der Waals surface area contributed by atoms with Gasteiger partial charge in [0.05, 0.1) is 11.4 Å². The molecule has 1 aliphatic rings. The molecule has 1 N–H and O–H groups in total. The normalized spacial score (nSPS) is 25.4. The van der Waals surface area contributed by atoms with E-state index in [1.54, 1.807) is 13.0 Å². The minimum Gasteiger partial charge on any atom is -0.388 e. The van der Waals surface area contributed by atoms with Gasteiger partial charge in [-0.3, -0.25) is 0 Å². The van der Waals surface area contributed by atoms with Crippen LogP contribution in [-0.2, 0) is 9.84 Å². The molecule has 1 aromatic carbocycles. The topological polar surface area (TPSA) is 54.4 Å². The first kappa shape index (κ1) is 15.4. The van der Waals surface area contributed by atoms with E-state index in [2.05, 4.69) is 0 Å². The zero-order valence-electron chi connectivity index (χ0n) is 11.8. The van der Waals surface area contributed by atoms with Crippen molar-refractivity contribution in [3.05, 3.63) is 35.1 Å². The summed E-state index contributed by atoms with van der Waals surface area (Å²) in [6.45, 7) is 1.78. The second kappa shape index (κ2) is 5.82. The Hall–Kier alpha value is -0.940. The van der Waals surface area contributed by atoms with Crippen molar-refractivity contribution >= 4 is 9.84 Å². The van der Waals surface area contributed by atoms with E-state index in [0.29, 0.717) is 18.4 Å². The maximum absolute atomic E-state index is 13.4. The molecule has 2 rings (SSSR count). The van der Waals surface area contributed by atoms with Crippen LogP contribution in [0.25, 0.3) is 0 Å². The van der Waals surface area contributed by atoms with Crippen LogP contribution in [0.15, 0.2) is 18.2 Å². The van der Waals surface area contributed by atoms with E-state index >= 15 is 0 Å². The molecule has 0 saturated heterocycles. The van der Waals surface area contributed by atoms with E-state index in [9.17, 15) is 17.9 Å². The summed E-state index contributed by atoms with van der Waals surface area (Å²) in [7, 11) is -3.08. The number of aliphatic hydroxyl groups excluding tert-OH is 1. The molecular weight excluding hydrogens is 279 g/mol. The van der Waals surface area contributed by atoms with Crippen LogP contribution in [0.3, 0.4) is 0 Å². The van der Waals surface area contributed by atoms with Crippen molar-refractivity contribution in [3.8, 4) is 0 Å². The summed E-state index contributed by atoms with van der Waals surface area (Å²) in [5.74, 6) is -0.487. The molecule has 20 heavy (non-hydrogen) atoms. The van der Waals surface area contributed by atoms with Crippen LogP contribution in [0.2, 0.25) is 0 Å². The molecule has 1 aliphatic carbocycles. The zero-order valence-corrected chi connectivity index (χ0v) is 12.7. The van der Waals surface area contributed by atoms with Crippen molar-refractivity contribution in [2.45, 2.75) is 44.0 Å². The molecule has 1 aromatic rings. The average Bonchev–Trinajstić information content (AvgIpc) is 2.36. The van der Waals surface area contributed by atoms with Gasteiger partial charge in [-0.05, 0) is 55.4 Å². The van der Waals surface area contributed by atoms with Crippen LogP contribution in [-0.4, -0.2) is 25.0 Å². The first-order valence-corrected chi connectivity index (χ1v) is 8.87. The smallest absolute Gasteiger partial charge is 0.150 e. The van der Waals surface area contributed by atoms with Crippen molar-refractivity contribution in [2.24, 2.45) is 5.92 Å². The lowest BCUT2D eigenvalue weighted by Gasteiger charge is -2.31. The minimum absolute atomic E-state index is 0.121. The highest BCUT2D eigenvalue weighted by molar-refractivity contribution is 7.91. The molecule has 1 saturated carbocycles. The summed E-state index contributed by atoms with van der Waals surface area (Å²) in [5.41, 5.74) is 1.30. The molecule has 112 valence electrons. The largest absolute Gasteiger partial charge is 0.388 e. The van der Waals surface area contributed by atoms with Gasteiger partial charge in [-0.15, -0.1) is 0 Å². The third-order valence-corrected chi connectivity index (χ3v) is 5.76. The summed E-state index contributed by atoms with van der Waals surface area (Å²) in [6, 6.07) is 4.51. The van der Waals surface area contributed by atoms with Crippen LogP contribution in [0.4, 0.5) is 4.39 Å². The van der Waals surface area contributed by atoms with Gasteiger partial charge in [0.25, 0.3) is 0 Å². The Kier molecular flexibility index (Phi) is 4.49. The molecule has 0 aromatic heterocycles. The number of sulfone groups is 1.